The number of nitrogens with zero attached hydrogens (tertiary/aromatic N) is 1. The van der Waals surface area contributed by atoms with E-state index >= 15 is 0 Å². The highest BCUT2D eigenvalue weighted by Crippen LogP contribution is 2.28. The number of thioether (sulfide) groups is 1. The van der Waals surface area contributed by atoms with E-state index in [1.807, 2.05) is 30.3 Å². The van der Waals surface area contributed by atoms with Gasteiger partial charge in [-0.1, -0.05) is 72.9 Å². The van der Waals surface area contributed by atoms with E-state index in [9.17, 15) is 9.59 Å². The Morgan fingerprint density at radius 3 is 2.39 bits per heavy atom. The van der Waals surface area contributed by atoms with Crippen LogP contribution < -0.4 is 5.32 Å². The molecular weight excluding hydrogens is 451 g/mol. The molecule has 1 N–H and O–H groups in total. The average Bonchev–Trinajstić information content (AvgIpc) is 2.76. The van der Waals surface area contributed by atoms with E-state index in [2.05, 4.69) is 12.2 Å². The van der Waals surface area contributed by atoms with Gasteiger partial charge < -0.3 is 10.2 Å². The monoisotopic (exact) mass is 480 g/mol. The highest BCUT2D eigenvalue weighted by molar-refractivity contribution is 7.99. The third-order valence-corrected chi connectivity index (χ3v) is 6.67. The number of hydrogen-bond donors (Lipinski definition) is 1. The number of benzene rings is 2. The molecule has 0 heterocycles. The molecular formula is C24H30Cl2N2O2S. The average molecular weight is 481 g/mol. The van der Waals surface area contributed by atoms with Crippen LogP contribution in [-0.2, 0) is 21.8 Å². The van der Waals surface area contributed by atoms with Crippen molar-refractivity contribution >= 4 is 46.8 Å². The summed E-state index contributed by atoms with van der Waals surface area (Å²) in [4.78, 5) is 27.3. The van der Waals surface area contributed by atoms with E-state index in [0.29, 0.717) is 35.3 Å². The fourth-order valence-corrected chi connectivity index (χ4v) is 4.75. The molecule has 0 aliphatic rings. The lowest BCUT2D eigenvalue weighted by atomic mass is 10.1. The molecule has 2 aromatic rings. The SMILES string of the molecule is CCCCNC(=O)C(C)N(CCc1ccccc1)C(=O)CSCc1c(Cl)cccc1Cl. The smallest absolute Gasteiger partial charge is 0.242 e. The minimum absolute atomic E-state index is 0.0674. The summed E-state index contributed by atoms with van der Waals surface area (Å²) < 4.78 is 0. The molecule has 7 heteroatoms. The van der Waals surface area contributed by atoms with Crippen molar-refractivity contribution in [1.29, 1.82) is 0 Å². The Morgan fingerprint density at radius 2 is 1.74 bits per heavy atom. The van der Waals surface area contributed by atoms with E-state index in [1.54, 1.807) is 30.0 Å². The highest BCUT2D eigenvalue weighted by atomic mass is 35.5. The Labute approximate surface area is 199 Å². The molecule has 2 rings (SSSR count). The molecule has 2 aromatic carbocycles. The van der Waals surface area contributed by atoms with E-state index in [0.717, 1.165) is 24.0 Å². The lowest BCUT2D eigenvalue weighted by Gasteiger charge is -2.28. The number of unbranched alkanes of at least 4 members (excludes halogenated alkanes) is 1. The molecule has 4 nitrogen and oxygen atoms in total. The summed E-state index contributed by atoms with van der Waals surface area (Å²) in [6.45, 7) is 4.98. The van der Waals surface area contributed by atoms with Crippen molar-refractivity contribution in [3.8, 4) is 0 Å². The van der Waals surface area contributed by atoms with Crippen LogP contribution in [0.25, 0.3) is 0 Å². The molecule has 0 aromatic heterocycles. The van der Waals surface area contributed by atoms with E-state index in [1.165, 1.54) is 11.8 Å². The van der Waals surface area contributed by atoms with Crippen LogP contribution in [0.5, 0.6) is 0 Å². The van der Waals surface area contributed by atoms with Crippen LogP contribution in [-0.4, -0.2) is 41.6 Å². The fourth-order valence-electron chi connectivity index (χ4n) is 3.10. The normalized spacial score (nSPS) is 11.7. The van der Waals surface area contributed by atoms with Crippen LogP contribution in [0.2, 0.25) is 10.0 Å². The molecule has 0 radical (unpaired) electrons. The van der Waals surface area contributed by atoms with Crippen molar-refractivity contribution in [2.45, 2.75) is 44.9 Å². The standard InChI is InChI=1S/C24H30Cl2N2O2S/c1-3-4-14-27-24(30)18(2)28(15-13-19-9-6-5-7-10-19)23(29)17-31-16-20-21(25)11-8-12-22(20)26/h5-12,18H,3-4,13-17H2,1-2H3,(H,27,30). The minimum atomic E-state index is -0.530. The molecule has 1 atom stereocenters. The summed E-state index contributed by atoms with van der Waals surface area (Å²) in [5.41, 5.74) is 1.96. The first kappa shape index (κ1) is 25.6. The van der Waals surface area contributed by atoms with Crippen molar-refractivity contribution in [3.63, 3.8) is 0 Å². The van der Waals surface area contributed by atoms with Gasteiger partial charge in [-0.05, 0) is 43.0 Å². The molecule has 0 aliphatic carbocycles. The molecule has 0 fully saturated rings. The van der Waals surface area contributed by atoms with Crippen LogP contribution >= 0.6 is 35.0 Å². The van der Waals surface area contributed by atoms with Gasteiger partial charge in [-0.2, -0.15) is 0 Å². The predicted octanol–water partition coefficient (Wildman–Crippen LogP) is 5.60. The summed E-state index contributed by atoms with van der Waals surface area (Å²) in [6, 6.07) is 14.8. The summed E-state index contributed by atoms with van der Waals surface area (Å²) in [5.74, 6) is 0.604. The molecule has 168 valence electrons. The Kier molecular flexibility index (Phi) is 11.3. The number of rotatable bonds is 12. The van der Waals surface area contributed by atoms with Crippen LogP contribution in [0.3, 0.4) is 0 Å². The van der Waals surface area contributed by atoms with Crippen LogP contribution in [0.4, 0.5) is 0 Å². The van der Waals surface area contributed by atoms with Gasteiger partial charge in [0.2, 0.25) is 11.8 Å². The van der Waals surface area contributed by atoms with Crippen molar-refractivity contribution in [2.75, 3.05) is 18.8 Å². The van der Waals surface area contributed by atoms with Gasteiger partial charge in [0.25, 0.3) is 0 Å². The van der Waals surface area contributed by atoms with Crippen molar-refractivity contribution in [2.24, 2.45) is 0 Å². The third kappa shape index (κ3) is 8.40. The second kappa shape index (κ2) is 13.7. The number of nitrogens with one attached hydrogen (secondary N) is 1. The van der Waals surface area contributed by atoms with Crippen LogP contribution in [0.1, 0.15) is 37.8 Å². The second-order valence-corrected chi connectivity index (χ2v) is 9.14. The fraction of sp³-hybridized carbons (Fsp3) is 0.417. The molecule has 0 saturated heterocycles. The zero-order valence-corrected chi connectivity index (χ0v) is 20.4. The van der Waals surface area contributed by atoms with E-state index < -0.39 is 6.04 Å². The van der Waals surface area contributed by atoms with Gasteiger partial charge in [0.05, 0.1) is 5.75 Å². The third-order valence-electron chi connectivity index (χ3n) is 5.01. The van der Waals surface area contributed by atoms with Gasteiger partial charge >= 0.3 is 0 Å². The molecule has 31 heavy (non-hydrogen) atoms. The number of amides is 2. The van der Waals surface area contributed by atoms with Gasteiger partial charge in [-0.25, -0.2) is 0 Å². The first-order valence-corrected chi connectivity index (χ1v) is 12.5. The first-order valence-electron chi connectivity index (χ1n) is 10.6. The van der Waals surface area contributed by atoms with Gasteiger partial charge in [0.1, 0.15) is 6.04 Å². The topological polar surface area (TPSA) is 49.4 Å². The Bertz CT molecular complexity index is 828. The van der Waals surface area contributed by atoms with Crippen molar-refractivity contribution < 1.29 is 9.59 Å². The van der Waals surface area contributed by atoms with Gasteiger partial charge in [0, 0.05) is 28.9 Å². The largest absolute Gasteiger partial charge is 0.354 e. The van der Waals surface area contributed by atoms with Crippen molar-refractivity contribution in [1.82, 2.24) is 10.2 Å². The number of carbonyl (C=O) groups is 2. The minimum Gasteiger partial charge on any atom is -0.354 e. The molecule has 0 aliphatic heterocycles. The maximum absolute atomic E-state index is 13.1. The highest BCUT2D eigenvalue weighted by Gasteiger charge is 2.25. The Hall–Kier alpha value is -1.69. The van der Waals surface area contributed by atoms with Crippen LogP contribution in [0, 0.1) is 0 Å². The molecule has 1 unspecified atom stereocenters. The van der Waals surface area contributed by atoms with Gasteiger partial charge in [-0.3, -0.25) is 9.59 Å². The summed E-state index contributed by atoms with van der Waals surface area (Å²) in [7, 11) is 0. The molecule has 2 amide bonds. The lowest BCUT2D eigenvalue weighted by molar-refractivity contribution is -0.137. The number of halogens is 2. The van der Waals surface area contributed by atoms with Crippen LogP contribution in [0.15, 0.2) is 48.5 Å². The Morgan fingerprint density at radius 1 is 1.06 bits per heavy atom. The molecule has 0 spiro atoms. The summed E-state index contributed by atoms with van der Waals surface area (Å²) in [6.07, 6.45) is 2.62. The van der Waals surface area contributed by atoms with Gasteiger partial charge in [0.15, 0.2) is 0 Å². The molecule has 0 bridgehead atoms. The van der Waals surface area contributed by atoms with E-state index in [-0.39, 0.29) is 17.6 Å². The summed E-state index contributed by atoms with van der Waals surface area (Å²) >= 11 is 13.9. The zero-order valence-electron chi connectivity index (χ0n) is 18.1. The van der Waals surface area contributed by atoms with Crippen molar-refractivity contribution in [3.05, 3.63) is 69.7 Å². The maximum Gasteiger partial charge on any atom is 0.242 e. The lowest BCUT2D eigenvalue weighted by Crippen LogP contribution is -2.49. The maximum atomic E-state index is 13.1. The summed E-state index contributed by atoms with van der Waals surface area (Å²) in [5, 5.41) is 4.13. The zero-order chi connectivity index (χ0) is 22.6. The van der Waals surface area contributed by atoms with Gasteiger partial charge in [-0.15, -0.1) is 11.8 Å². The number of hydrogen-bond acceptors (Lipinski definition) is 3. The molecule has 0 saturated carbocycles. The quantitative estimate of drug-likeness (QED) is 0.402. The second-order valence-electron chi connectivity index (χ2n) is 7.34. The van der Waals surface area contributed by atoms with E-state index in [4.69, 9.17) is 23.2 Å². The Balaban J connectivity index is 2.01. The number of carbonyl (C=O) groups excluding carboxylic acids is 2. The first-order chi connectivity index (χ1) is 14.9. The predicted molar refractivity (Wildman–Crippen MR) is 132 cm³/mol.